The average Bonchev–Trinajstić information content (AvgIpc) is 2.38. The maximum absolute atomic E-state index is 12.0. The van der Waals surface area contributed by atoms with Gasteiger partial charge in [0.1, 0.15) is 0 Å². The molecule has 1 aromatic rings. The molecule has 0 fully saturated rings. The van der Waals surface area contributed by atoms with E-state index in [0.717, 1.165) is 19.3 Å². The van der Waals surface area contributed by atoms with Crippen LogP contribution in [-0.4, -0.2) is 24.6 Å². The Morgan fingerprint density at radius 1 is 1.39 bits per heavy atom. The second-order valence-corrected chi connectivity index (χ2v) is 5.84. The van der Waals surface area contributed by atoms with E-state index in [9.17, 15) is 8.42 Å². The van der Waals surface area contributed by atoms with Crippen molar-refractivity contribution in [2.24, 2.45) is 0 Å². The third kappa shape index (κ3) is 4.04. The molecule has 18 heavy (non-hydrogen) atoms. The van der Waals surface area contributed by atoms with Crippen LogP contribution in [0.15, 0.2) is 23.4 Å². The minimum absolute atomic E-state index is 0.00532. The predicted octanol–water partition coefficient (Wildman–Crippen LogP) is 1.43. The Morgan fingerprint density at radius 2 is 2.11 bits per heavy atom. The fourth-order valence-electron chi connectivity index (χ4n) is 1.64. The van der Waals surface area contributed by atoms with Crippen LogP contribution in [0.5, 0.6) is 0 Å². The molecule has 0 amide bonds. The van der Waals surface area contributed by atoms with Gasteiger partial charge in [0.05, 0.1) is 6.61 Å². The number of aliphatic hydroxyl groups excluding tert-OH is 1. The van der Waals surface area contributed by atoms with E-state index in [1.807, 2.05) is 13.8 Å². The molecular formula is C12H20N2O3S. The van der Waals surface area contributed by atoms with Crippen LogP contribution in [0.3, 0.4) is 0 Å². The van der Waals surface area contributed by atoms with Gasteiger partial charge < -0.3 is 5.11 Å². The van der Waals surface area contributed by atoms with Gasteiger partial charge in [-0.1, -0.05) is 26.3 Å². The van der Waals surface area contributed by atoms with Crippen LogP contribution in [0.1, 0.15) is 38.7 Å². The molecule has 1 rings (SSSR count). The molecule has 0 bridgehead atoms. The zero-order valence-corrected chi connectivity index (χ0v) is 11.6. The monoisotopic (exact) mass is 272 g/mol. The lowest BCUT2D eigenvalue weighted by Gasteiger charge is -2.15. The van der Waals surface area contributed by atoms with E-state index >= 15 is 0 Å². The van der Waals surface area contributed by atoms with Crippen molar-refractivity contribution in [1.29, 1.82) is 0 Å². The van der Waals surface area contributed by atoms with Crippen LogP contribution in [0, 0.1) is 0 Å². The summed E-state index contributed by atoms with van der Waals surface area (Å²) in [6.45, 7) is 3.82. The van der Waals surface area contributed by atoms with Crippen LogP contribution >= 0.6 is 0 Å². The molecule has 0 aliphatic rings. The number of hydrogen-bond donors (Lipinski definition) is 2. The molecule has 6 heteroatoms. The number of aromatic nitrogens is 1. The molecule has 0 aromatic carbocycles. The van der Waals surface area contributed by atoms with Crippen LogP contribution in [0.2, 0.25) is 0 Å². The second kappa shape index (κ2) is 6.82. The molecule has 1 unspecified atom stereocenters. The number of nitrogens with one attached hydrogen (secondary N) is 1. The van der Waals surface area contributed by atoms with E-state index in [-0.39, 0.29) is 17.7 Å². The van der Waals surface area contributed by atoms with Crippen LogP contribution in [-0.2, 0) is 16.6 Å². The van der Waals surface area contributed by atoms with Gasteiger partial charge >= 0.3 is 0 Å². The number of rotatable bonds is 7. The Hall–Kier alpha value is -0.980. The molecule has 0 saturated carbocycles. The van der Waals surface area contributed by atoms with Gasteiger partial charge in [-0.25, -0.2) is 18.1 Å². The lowest BCUT2D eigenvalue weighted by Crippen LogP contribution is -2.34. The lowest BCUT2D eigenvalue weighted by molar-refractivity contribution is 0.281. The summed E-state index contributed by atoms with van der Waals surface area (Å²) in [6.07, 6.45) is 3.86. The zero-order chi connectivity index (χ0) is 13.6. The summed E-state index contributed by atoms with van der Waals surface area (Å²) in [5, 5.41) is 8.87. The van der Waals surface area contributed by atoms with Gasteiger partial charge in [-0.05, 0) is 24.5 Å². The molecule has 5 nitrogen and oxygen atoms in total. The minimum Gasteiger partial charge on any atom is -0.392 e. The Morgan fingerprint density at radius 3 is 2.56 bits per heavy atom. The molecule has 2 N–H and O–H groups in total. The SMILES string of the molecule is CCCC(CC)NS(=O)(=O)c1ccc(CO)cn1. The number of hydrogen-bond acceptors (Lipinski definition) is 4. The molecule has 1 aromatic heterocycles. The number of sulfonamides is 1. The van der Waals surface area contributed by atoms with E-state index in [1.54, 1.807) is 6.07 Å². The topological polar surface area (TPSA) is 79.3 Å². The van der Waals surface area contributed by atoms with Crippen LogP contribution < -0.4 is 4.72 Å². The summed E-state index contributed by atoms with van der Waals surface area (Å²) in [7, 11) is -3.56. The highest BCUT2D eigenvalue weighted by Crippen LogP contribution is 2.10. The predicted molar refractivity (Wildman–Crippen MR) is 69.5 cm³/mol. The van der Waals surface area contributed by atoms with E-state index in [4.69, 9.17) is 5.11 Å². The first-order valence-corrected chi connectivity index (χ1v) is 7.60. The molecule has 0 saturated heterocycles. The van der Waals surface area contributed by atoms with Gasteiger partial charge in [-0.3, -0.25) is 0 Å². The Bertz CT molecular complexity index is 457. The highest BCUT2D eigenvalue weighted by atomic mass is 32.2. The van der Waals surface area contributed by atoms with Gasteiger partial charge in [0.25, 0.3) is 10.0 Å². The molecular weight excluding hydrogens is 252 g/mol. The standard InChI is InChI=1S/C12H20N2O3S/c1-3-5-11(4-2)14-18(16,17)12-7-6-10(9-15)8-13-12/h6-8,11,14-15H,3-5,9H2,1-2H3. The summed E-state index contributed by atoms with van der Waals surface area (Å²) in [5.74, 6) is 0. The van der Waals surface area contributed by atoms with Crippen molar-refractivity contribution in [3.05, 3.63) is 23.9 Å². The van der Waals surface area contributed by atoms with E-state index in [0.29, 0.717) is 5.56 Å². The van der Waals surface area contributed by atoms with Crippen molar-refractivity contribution in [3.63, 3.8) is 0 Å². The Kier molecular flexibility index (Phi) is 5.71. The highest BCUT2D eigenvalue weighted by molar-refractivity contribution is 7.89. The van der Waals surface area contributed by atoms with Crippen molar-refractivity contribution < 1.29 is 13.5 Å². The summed E-state index contributed by atoms with van der Waals surface area (Å²) in [5.41, 5.74) is 0.592. The van der Waals surface area contributed by atoms with Crippen molar-refractivity contribution in [2.75, 3.05) is 0 Å². The number of nitrogens with zero attached hydrogens (tertiary/aromatic N) is 1. The lowest BCUT2D eigenvalue weighted by atomic mass is 10.1. The van der Waals surface area contributed by atoms with Gasteiger partial charge in [0.15, 0.2) is 5.03 Å². The Labute approximate surface area is 108 Å². The first-order valence-electron chi connectivity index (χ1n) is 6.11. The fraction of sp³-hybridized carbons (Fsp3) is 0.583. The zero-order valence-electron chi connectivity index (χ0n) is 10.8. The van der Waals surface area contributed by atoms with Crippen molar-refractivity contribution in [3.8, 4) is 0 Å². The quantitative estimate of drug-likeness (QED) is 0.787. The van der Waals surface area contributed by atoms with Crippen molar-refractivity contribution >= 4 is 10.0 Å². The molecule has 0 radical (unpaired) electrons. The van der Waals surface area contributed by atoms with Gasteiger partial charge in [-0.15, -0.1) is 0 Å². The Balaban J connectivity index is 2.84. The van der Waals surface area contributed by atoms with Crippen LogP contribution in [0.25, 0.3) is 0 Å². The summed E-state index contributed by atoms with van der Waals surface area (Å²) in [4.78, 5) is 3.86. The summed E-state index contributed by atoms with van der Waals surface area (Å²) < 4.78 is 26.7. The number of aliphatic hydroxyl groups is 1. The summed E-state index contributed by atoms with van der Waals surface area (Å²) in [6, 6.07) is 2.91. The first-order chi connectivity index (χ1) is 8.53. The minimum atomic E-state index is -3.56. The fourth-order valence-corrected chi connectivity index (χ4v) is 2.92. The van der Waals surface area contributed by atoms with Crippen molar-refractivity contribution in [1.82, 2.24) is 9.71 Å². The second-order valence-electron chi connectivity index (χ2n) is 4.18. The van der Waals surface area contributed by atoms with E-state index < -0.39 is 10.0 Å². The smallest absolute Gasteiger partial charge is 0.258 e. The molecule has 0 spiro atoms. The molecule has 1 heterocycles. The first kappa shape index (κ1) is 15.1. The largest absolute Gasteiger partial charge is 0.392 e. The maximum atomic E-state index is 12.0. The van der Waals surface area contributed by atoms with Crippen molar-refractivity contribution in [2.45, 2.75) is 50.8 Å². The third-order valence-electron chi connectivity index (χ3n) is 2.71. The van der Waals surface area contributed by atoms with Gasteiger partial charge in [0.2, 0.25) is 0 Å². The number of pyridine rings is 1. The van der Waals surface area contributed by atoms with Gasteiger partial charge in [-0.2, -0.15) is 0 Å². The third-order valence-corrected chi connectivity index (χ3v) is 4.14. The van der Waals surface area contributed by atoms with Crippen LogP contribution in [0.4, 0.5) is 0 Å². The average molecular weight is 272 g/mol. The highest BCUT2D eigenvalue weighted by Gasteiger charge is 2.19. The molecule has 1 atom stereocenters. The normalized spacial score (nSPS) is 13.5. The molecule has 0 aliphatic heterocycles. The maximum Gasteiger partial charge on any atom is 0.258 e. The molecule has 102 valence electrons. The summed E-state index contributed by atoms with van der Waals surface area (Å²) >= 11 is 0. The molecule has 0 aliphatic carbocycles. The van der Waals surface area contributed by atoms with E-state index in [2.05, 4.69) is 9.71 Å². The van der Waals surface area contributed by atoms with E-state index in [1.165, 1.54) is 12.3 Å². The van der Waals surface area contributed by atoms with Gasteiger partial charge in [0, 0.05) is 12.2 Å².